The predicted molar refractivity (Wildman–Crippen MR) is 103 cm³/mol. The Morgan fingerprint density at radius 2 is 1.81 bits per heavy atom. The van der Waals surface area contributed by atoms with Crippen LogP contribution in [0.15, 0.2) is 53.4 Å². The van der Waals surface area contributed by atoms with Crippen LogP contribution in [-0.2, 0) is 9.53 Å². The standard InChI is InChI=1S/C20H22FNO4S/c1-14(20(24)25-3)27-18-7-5-4-6-17(18)19(23)22(2)12-13-26-16-10-8-15(21)9-11-16/h4-11,14H,12-13H2,1-3H3. The Balaban J connectivity index is 1.97. The maximum atomic E-state index is 12.9. The zero-order chi connectivity index (χ0) is 19.8. The largest absolute Gasteiger partial charge is 0.492 e. The van der Waals surface area contributed by atoms with E-state index in [-0.39, 0.29) is 24.3 Å². The third-order valence-corrected chi connectivity index (χ3v) is 4.97. The summed E-state index contributed by atoms with van der Waals surface area (Å²) in [7, 11) is 3.02. The molecule has 0 fully saturated rings. The van der Waals surface area contributed by atoms with Gasteiger partial charge in [-0.15, -0.1) is 11.8 Å². The number of nitrogens with zero attached hydrogens (tertiary/aromatic N) is 1. The molecular weight excluding hydrogens is 369 g/mol. The molecule has 0 aromatic heterocycles. The van der Waals surface area contributed by atoms with Gasteiger partial charge in [0.25, 0.3) is 5.91 Å². The van der Waals surface area contributed by atoms with E-state index >= 15 is 0 Å². The number of halogens is 1. The number of hydrogen-bond acceptors (Lipinski definition) is 5. The minimum Gasteiger partial charge on any atom is -0.492 e. The average Bonchev–Trinajstić information content (AvgIpc) is 2.68. The minimum atomic E-state index is -0.420. The zero-order valence-electron chi connectivity index (χ0n) is 15.5. The number of thioether (sulfide) groups is 1. The molecule has 2 rings (SSSR count). The molecule has 2 aromatic rings. The van der Waals surface area contributed by atoms with E-state index in [0.29, 0.717) is 22.8 Å². The lowest BCUT2D eigenvalue weighted by molar-refractivity contribution is -0.139. The third-order valence-electron chi connectivity index (χ3n) is 3.81. The summed E-state index contributed by atoms with van der Waals surface area (Å²) in [6.45, 7) is 2.38. The van der Waals surface area contributed by atoms with E-state index in [2.05, 4.69) is 0 Å². The second kappa shape index (κ2) is 9.97. The Morgan fingerprint density at radius 1 is 1.15 bits per heavy atom. The van der Waals surface area contributed by atoms with Crippen LogP contribution in [0, 0.1) is 5.82 Å². The molecule has 7 heteroatoms. The van der Waals surface area contributed by atoms with Gasteiger partial charge in [-0.2, -0.15) is 0 Å². The fraction of sp³-hybridized carbons (Fsp3) is 0.300. The maximum Gasteiger partial charge on any atom is 0.318 e. The van der Waals surface area contributed by atoms with Gasteiger partial charge in [0.2, 0.25) is 0 Å². The quantitative estimate of drug-likeness (QED) is 0.508. The van der Waals surface area contributed by atoms with Crippen molar-refractivity contribution in [3.63, 3.8) is 0 Å². The number of benzene rings is 2. The summed E-state index contributed by atoms with van der Waals surface area (Å²) in [4.78, 5) is 26.7. The van der Waals surface area contributed by atoms with Crippen LogP contribution in [0.2, 0.25) is 0 Å². The molecule has 144 valence electrons. The highest BCUT2D eigenvalue weighted by molar-refractivity contribution is 8.00. The van der Waals surface area contributed by atoms with E-state index in [1.165, 1.54) is 43.1 Å². The van der Waals surface area contributed by atoms with E-state index in [1.54, 1.807) is 37.1 Å². The van der Waals surface area contributed by atoms with E-state index in [9.17, 15) is 14.0 Å². The molecule has 1 atom stereocenters. The van der Waals surface area contributed by atoms with Crippen molar-refractivity contribution < 1.29 is 23.5 Å². The molecule has 0 bridgehead atoms. The lowest BCUT2D eigenvalue weighted by Crippen LogP contribution is -2.31. The first-order chi connectivity index (χ1) is 12.9. The SMILES string of the molecule is COC(=O)C(C)Sc1ccccc1C(=O)N(C)CCOc1ccc(F)cc1. The number of likely N-dealkylation sites (N-methyl/N-ethyl adjacent to an activating group) is 1. The Morgan fingerprint density at radius 3 is 2.48 bits per heavy atom. The molecule has 0 aliphatic carbocycles. The Hall–Kier alpha value is -2.54. The summed E-state index contributed by atoms with van der Waals surface area (Å²) in [5.41, 5.74) is 0.516. The smallest absolute Gasteiger partial charge is 0.318 e. The van der Waals surface area contributed by atoms with Crippen molar-refractivity contribution in [3.05, 3.63) is 59.9 Å². The Labute approximate surface area is 162 Å². The van der Waals surface area contributed by atoms with Gasteiger partial charge in [0.15, 0.2) is 0 Å². The van der Waals surface area contributed by atoms with Crippen molar-refractivity contribution in [1.29, 1.82) is 0 Å². The molecule has 0 heterocycles. The second-order valence-electron chi connectivity index (χ2n) is 5.81. The first-order valence-corrected chi connectivity index (χ1v) is 9.27. The van der Waals surface area contributed by atoms with Crippen molar-refractivity contribution in [3.8, 4) is 5.75 Å². The fourth-order valence-electron chi connectivity index (χ4n) is 2.29. The minimum absolute atomic E-state index is 0.169. The van der Waals surface area contributed by atoms with E-state index < -0.39 is 5.25 Å². The first kappa shape index (κ1) is 20.8. The molecule has 1 unspecified atom stereocenters. The van der Waals surface area contributed by atoms with Crippen LogP contribution in [0.5, 0.6) is 5.75 Å². The normalized spacial score (nSPS) is 11.6. The third kappa shape index (κ3) is 5.99. The predicted octanol–water partition coefficient (Wildman–Crippen LogP) is 3.63. The molecule has 5 nitrogen and oxygen atoms in total. The summed E-state index contributed by atoms with van der Waals surface area (Å²) in [6.07, 6.45) is 0. The highest BCUT2D eigenvalue weighted by Gasteiger charge is 2.20. The molecule has 0 saturated heterocycles. The summed E-state index contributed by atoms with van der Waals surface area (Å²) < 4.78 is 23.2. The van der Waals surface area contributed by atoms with Crippen LogP contribution in [0.25, 0.3) is 0 Å². The number of esters is 1. The van der Waals surface area contributed by atoms with Gasteiger partial charge in [0.1, 0.15) is 23.4 Å². The maximum absolute atomic E-state index is 12.9. The van der Waals surface area contributed by atoms with Crippen molar-refractivity contribution in [2.45, 2.75) is 17.1 Å². The van der Waals surface area contributed by atoms with Gasteiger partial charge >= 0.3 is 5.97 Å². The zero-order valence-corrected chi connectivity index (χ0v) is 16.3. The molecule has 0 radical (unpaired) electrons. The molecule has 1 amide bonds. The van der Waals surface area contributed by atoms with Crippen LogP contribution in [0.3, 0.4) is 0 Å². The number of carbonyl (C=O) groups is 2. The summed E-state index contributed by atoms with van der Waals surface area (Å²) in [6, 6.07) is 12.9. The number of rotatable bonds is 8. The van der Waals surface area contributed by atoms with Crippen molar-refractivity contribution >= 4 is 23.6 Å². The Kier molecular flexibility index (Phi) is 7.67. The van der Waals surface area contributed by atoms with E-state index in [4.69, 9.17) is 9.47 Å². The topological polar surface area (TPSA) is 55.8 Å². The summed E-state index contributed by atoms with van der Waals surface area (Å²) in [5, 5.41) is -0.420. The van der Waals surface area contributed by atoms with Crippen LogP contribution in [0.1, 0.15) is 17.3 Å². The van der Waals surface area contributed by atoms with Gasteiger partial charge in [-0.1, -0.05) is 12.1 Å². The van der Waals surface area contributed by atoms with Gasteiger partial charge in [-0.05, 0) is 43.3 Å². The number of amides is 1. The van der Waals surface area contributed by atoms with Gasteiger partial charge in [-0.25, -0.2) is 4.39 Å². The number of methoxy groups -OCH3 is 1. The summed E-state index contributed by atoms with van der Waals surface area (Å²) >= 11 is 1.28. The average molecular weight is 391 g/mol. The molecule has 27 heavy (non-hydrogen) atoms. The second-order valence-corrected chi connectivity index (χ2v) is 7.19. The molecule has 0 aliphatic heterocycles. The van der Waals surface area contributed by atoms with Gasteiger partial charge in [-0.3, -0.25) is 9.59 Å². The monoisotopic (exact) mass is 391 g/mol. The molecule has 0 spiro atoms. The molecule has 2 aromatic carbocycles. The van der Waals surface area contributed by atoms with Crippen molar-refractivity contribution in [1.82, 2.24) is 4.90 Å². The molecule has 0 aliphatic rings. The van der Waals surface area contributed by atoms with Crippen LogP contribution < -0.4 is 4.74 Å². The Bertz CT molecular complexity index is 782. The first-order valence-electron chi connectivity index (χ1n) is 8.39. The fourth-order valence-corrected chi connectivity index (χ4v) is 3.30. The van der Waals surface area contributed by atoms with Crippen molar-refractivity contribution in [2.75, 3.05) is 27.3 Å². The highest BCUT2D eigenvalue weighted by atomic mass is 32.2. The highest BCUT2D eigenvalue weighted by Crippen LogP contribution is 2.28. The van der Waals surface area contributed by atoms with Crippen LogP contribution in [-0.4, -0.2) is 49.3 Å². The van der Waals surface area contributed by atoms with Crippen molar-refractivity contribution in [2.24, 2.45) is 0 Å². The van der Waals surface area contributed by atoms with Crippen LogP contribution >= 0.6 is 11.8 Å². The molecule has 0 saturated carbocycles. The number of carbonyl (C=O) groups excluding carboxylic acids is 2. The molecule has 0 N–H and O–H groups in total. The van der Waals surface area contributed by atoms with E-state index in [1.807, 2.05) is 6.07 Å². The lowest BCUT2D eigenvalue weighted by atomic mass is 10.2. The van der Waals surface area contributed by atoms with Gasteiger partial charge in [0.05, 0.1) is 19.2 Å². The van der Waals surface area contributed by atoms with Gasteiger partial charge < -0.3 is 14.4 Å². The van der Waals surface area contributed by atoms with Gasteiger partial charge in [0, 0.05) is 11.9 Å². The summed E-state index contributed by atoms with van der Waals surface area (Å²) in [5.74, 6) is -0.300. The van der Waals surface area contributed by atoms with E-state index in [0.717, 1.165) is 0 Å². The lowest BCUT2D eigenvalue weighted by Gasteiger charge is -2.20. The van der Waals surface area contributed by atoms with Crippen LogP contribution in [0.4, 0.5) is 4.39 Å². The molecular formula is C20H22FNO4S. The number of hydrogen-bond donors (Lipinski definition) is 0. The number of ether oxygens (including phenoxy) is 2.